The SMILES string of the molecule is CCNc1nccn2c(C(C)c3cc(Cl)c(F)c(C(=O)NCC4CCN(C)C4)c3OC(C)C)nc(C)c12. The Kier molecular flexibility index (Phi) is 8.23. The summed E-state index contributed by atoms with van der Waals surface area (Å²) in [6.07, 6.45) is 4.26. The number of rotatable bonds is 9. The number of ether oxygens (including phenoxy) is 1. The first-order chi connectivity index (χ1) is 17.6. The van der Waals surface area contributed by atoms with Crippen molar-refractivity contribution in [3.8, 4) is 5.75 Å². The second-order valence-corrected chi connectivity index (χ2v) is 10.5. The predicted octanol–water partition coefficient (Wildman–Crippen LogP) is 4.88. The van der Waals surface area contributed by atoms with Crippen molar-refractivity contribution in [3.05, 3.63) is 51.9 Å². The van der Waals surface area contributed by atoms with Gasteiger partial charge in [0.15, 0.2) is 11.6 Å². The van der Waals surface area contributed by atoms with E-state index in [4.69, 9.17) is 21.3 Å². The van der Waals surface area contributed by atoms with Gasteiger partial charge in [0.2, 0.25) is 0 Å². The van der Waals surface area contributed by atoms with E-state index in [1.165, 1.54) is 0 Å². The van der Waals surface area contributed by atoms with Crippen molar-refractivity contribution in [2.75, 3.05) is 38.5 Å². The molecule has 2 aromatic heterocycles. The predicted molar refractivity (Wildman–Crippen MR) is 145 cm³/mol. The topological polar surface area (TPSA) is 83.8 Å². The molecule has 1 aliphatic rings. The Balaban J connectivity index is 1.78. The van der Waals surface area contributed by atoms with E-state index in [-0.39, 0.29) is 28.4 Å². The lowest BCUT2D eigenvalue weighted by Gasteiger charge is -2.23. The molecular weight excluding hydrogens is 495 g/mol. The molecule has 0 saturated carbocycles. The third kappa shape index (κ3) is 5.52. The fourth-order valence-corrected chi connectivity index (χ4v) is 5.23. The van der Waals surface area contributed by atoms with Gasteiger partial charge in [-0.15, -0.1) is 0 Å². The molecule has 3 aromatic rings. The Bertz CT molecular complexity index is 1290. The highest BCUT2D eigenvalue weighted by Crippen LogP contribution is 2.40. The van der Waals surface area contributed by atoms with Gasteiger partial charge in [0.05, 0.1) is 16.8 Å². The van der Waals surface area contributed by atoms with Crippen molar-refractivity contribution >= 4 is 28.8 Å². The average molecular weight is 531 g/mol. The van der Waals surface area contributed by atoms with E-state index in [0.717, 1.165) is 43.1 Å². The lowest BCUT2D eigenvalue weighted by Crippen LogP contribution is -2.32. The quantitative estimate of drug-likeness (QED) is 0.410. The number of fused-ring (bicyclic) bond motifs is 1. The molecule has 200 valence electrons. The van der Waals surface area contributed by atoms with Gasteiger partial charge in [-0.3, -0.25) is 9.20 Å². The summed E-state index contributed by atoms with van der Waals surface area (Å²) in [5, 5.41) is 6.07. The molecule has 1 saturated heterocycles. The molecule has 2 N–H and O–H groups in total. The number of anilines is 1. The summed E-state index contributed by atoms with van der Waals surface area (Å²) in [6, 6.07) is 1.55. The van der Waals surface area contributed by atoms with E-state index in [9.17, 15) is 4.79 Å². The second-order valence-electron chi connectivity index (χ2n) is 10.1. The highest BCUT2D eigenvalue weighted by molar-refractivity contribution is 6.31. The van der Waals surface area contributed by atoms with Crippen LogP contribution in [0.15, 0.2) is 18.5 Å². The van der Waals surface area contributed by atoms with Crippen LogP contribution in [0.5, 0.6) is 5.75 Å². The zero-order chi connectivity index (χ0) is 26.9. The summed E-state index contributed by atoms with van der Waals surface area (Å²) >= 11 is 6.37. The average Bonchev–Trinajstić information content (AvgIpc) is 3.42. The molecule has 10 heteroatoms. The van der Waals surface area contributed by atoms with Crippen LogP contribution in [0, 0.1) is 18.7 Å². The summed E-state index contributed by atoms with van der Waals surface area (Å²) in [6.45, 7) is 12.6. The fourth-order valence-electron chi connectivity index (χ4n) is 5.02. The number of imidazole rings is 1. The van der Waals surface area contributed by atoms with Gasteiger partial charge in [-0.2, -0.15) is 0 Å². The van der Waals surface area contributed by atoms with Crippen molar-refractivity contribution in [2.45, 2.75) is 53.1 Å². The molecule has 3 heterocycles. The van der Waals surface area contributed by atoms with E-state index in [1.54, 1.807) is 12.3 Å². The van der Waals surface area contributed by atoms with Gasteiger partial charge < -0.3 is 20.3 Å². The first kappa shape index (κ1) is 27.1. The third-order valence-corrected chi connectivity index (χ3v) is 7.05. The van der Waals surface area contributed by atoms with Crippen molar-refractivity contribution in [3.63, 3.8) is 0 Å². The number of benzene rings is 1. The molecule has 1 aromatic carbocycles. The molecule has 0 radical (unpaired) electrons. The van der Waals surface area contributed by atoms with Crippen molar-refractivity contribution in [1.82, 2.24) is 24.6 Å². The Labute approximate surface area is 222 Å². The van der Waals surface area contributed by atoms with E-state index < -0.39 is 11.7 Å². The first-order valence-corrected chi connectivity index (χ1v) is 13.2. The van der Waals surface area contributed by atoms with Crippen LogP contribution in [0.3, 0.4) is 0 Å². The van der Waals surface area contributed by atoms with E-state index in [0.29, 0.717) is 23.9 Å². The van der Waals surface area contributed by atoms with Crippen LogP contribution in [0.4, 0.5) is 10.2 Å². The Morgan fingerprint density at radius 2 is 2.11 bits per heavy atom. The number of carbonyl (C=O) groups is 1. The number of nitrogens with zero attached hydrogens (tertiary/aromatic N) is 4. The number of aryl methyl sites for hydroxylation is 1. The zero-order valence-electron chi connectivity index (χ0n) is 22.4. The maximum Gasteiger partial charge on any atom is 0.258 e. The van der Waals surface area contributed by atoms with Crippen molar-refractivity contribution < 1.29 is 13.9 Å². The number of nitrogens with one attached hydrogen (secondary N) is 2. The molecule has 4 rings (SSSR count). The molecule has 0 aliphatic carbocycles. The molecule has 37 heavy (non-hydrogen) atoms. The van der Waals surface area contributed by atoms with Crippen LogP contribution in [-0.2, 0) is 0 Å². The maximum atomic E-state index is 15.4. The number of aromatic nitrogens is 3. The van der Waals surface area contributed by atoms with Gasteiger partial charge in [0, 0.05) is 43.5 Å². The smallest absolute Gasteiger partial charge is 0.258 e. The van der Waals surface area contributed by atoms with Gasteiger partial charge in [-0.25, -0.2) is 14.4 Å². The van der Waals surface area contributed by atoms with E-state index in [1.807, 2.05) is 45.2 Å². The normalized spacial score (nSPS) is 16.9. The summed E-state index contributed by atoms with van der Waals surface area (Å²) < 4.78 is 23.5. The van der Waals surface area contributed by atoms with Crippen LogP contribution >= 0.6 is 11.6 Å². The summed E-state index contributed by atoms with van der Waals surface area (Å²) in [5.74, 6) is 0.301. The summed E-state index contributed by atoms with van der Waals surface area (Å²) in [7, 11) is 2.05. The molecule has 2 atom stereocenters. The second kappa shape index (κ2) is 11.2. The minimum atomic E-state index is -0.780. The number of carbonyl (C=O) groups excluding carboxylic acids is 1. The van der Waals surface area contributed by atoms with Gasteiger partial charge in [0.25, 0.3) is 5.91 Å². The number of amides is 1. The fraction of sp³-hybridized carbons (Fsp3) is 0.519. The van der Waals surface area contributed by atoms with Crippen LogP contribution < -0.4 is 15.4 Å². The summed E-state index contributed by atoms with van der Waals surface area (Å²) in [5.41, 5.74) is 2.11. The molecule has 0 spiro atoms. The molecule has 8 nitrogen and oxygen atoms in total. The molecular formula is C27H36ClFN6O2. The standard InChI is InChI=1S/C27H36ClFN6O2/c1-7-30-25-23-17(5)33-26(35(23)11-9-31-25)16(4)19-12-20(28)22(29)21(24(19)37-15(2)3)27(36)32-13-18-8-10-34(6)14-18/h9,11-12,15-16,18H,7-8,10,13-14H2,1-6H3,(H,30,31)(H,32,36). The number of likely N-dealkylation sites (tertiary alicyclic amines) is 1. The monoisotopic (exact) mass is 530 g/mol. The number of hydrogen-bond acceptors (Lipinski definition) is 6. The largest absolute Gasteiger partial charge is 0.490 e. The van der Waals surface area contributed by atoms with Gasteiger partial charge in [0.1, 0.15) is 22.7 Å². The lowest BCUT2D eigenvalue weighted by molar-refractivity contribution is 0.0936. The minimum Gasteiger partial charge on any atom is -0.490 e. The van der Waals surface area contributed by atoms with Crippen LogP contribution in [-0.4, -0.2) is 64.5 Å². The Hall–Kier alpha value is -2.91. The maximum absolute atomic E-state index is 15.4. The molecule has 1 amide bonds. The van der Waals surface area contributed by atoms with Gasteiger partial charge >= 0.3 is 0 Å². The van der Waals surface area contributed by atoms with Gasteiger partial charge in [-0.1, -0.05) is 18.5 Å². The van der Waals surface area contributed by atoms with E-state index in [2.05, 4.69) is 27.6 Å². The third-order valence-electron chi connectivity index (χ3n) is 6.78. The van der Waals surface area contributed by atoms with Crippen LogP contribution in [0.2, 0.25) is 5.02 Å². The first-order valence-electron chi connectivity index (χ1n) is 12.8. The highest BCUT2D eigenvalue weighted by atomic mass is 35.5. The molecule has 1 fully saturated rings. The number of hydrogen-bond donors (Lipinski definition) is 2. The summed E-state index contributed by atoms with van der Waals surface area (Å²) in [4.78, 5) is 24.9. The van der Waals surface area contributed by atoms with Crippen LogP contribution in [0.1, 0.15) is 67.5 Å². The minimum absolute atomic E-state index is 0.128. The van der Waals surface area contributed by atoms with Crippen LogP contribution in [0.25, 0.3) is 5.52 Å². The zero-order valence-corrected chi connectivity index (χ0v) is 23.1. The molecule has 1 aliphatic heterocycles. The van der Waals surface area contributed by atoms with Crippen molar-refractivity contribution in [2.24, 2.45) is 5.92 Å². The van der Waals surface area contributed by atoms with E-state index >= 15 is 4.39 Å². The van der Waals surface area contributed by atoms with Gasteiger partial charge in [-0.05, 0) is 59.7 Å². The lowest BCUT2D eigenvalue weighted by atomic mass is 9.95. The number of halogens is 2. The molecule has 2 unspecified atom stereocenters. The van der Waals surface area contributed by atoms with Crippen molar-refractivity contribution in [1.29, 1.82) is 0 Å². The Morgan fingerprint density at radius 3 is 2.76 bits per heavy atom. The Morgan fingerprint density at radius 1 is 1.35 bits per heavy atom. The molecule has 0 bridgehead atoms. The highest BCUT2D eigenvalue weighted by Gasteiger charge is 2.30.